The van der Waals surface area contributed by atoms with Gasteiger partial charge in [-0.05, 0) is 71.6 Å². The van der Waals surface area contributed by atoms with Crippen molar-refractivity contribution in [2.75, 3.05) is 24.7 Å². The lowest BCUT2D eigenvalue weighted by Crippen LogP contribution is -2.49. The van der Waals surface area contributed by atoms with E-state index in [0.717, 1.165) is 44.6 Å². The van der Waals surface area contributed by atoms with Crippen molar-refractivity contribution < 1.29 is 9.84 Å². The van der Waals surface area contributed by atoms with Gasteiger partial charge in [0.2, 0.25) is 0 Å². The van der Waals surface area contributed by atoms with E-state index in [-0.39, 0.29) is 11.1 Å². The van der Waals surface area contributed by atoms with Crippen LogP contribution in [0.15, 0.2) is 0 Å². The van der Waals surface area contributed by atoms with Crippen LogP contribution in [0.25, 0.3) is 0 Å². The average Bonchev–Trinajstić information content (AvgIpc) is 2.75. The van der Waals surface area contributed by atoms with Crippen LogP contribution in [-0.4, -0.2) is 46.5 Å². The molecule has 2 saturated heterocycles. The van der Waals surface area contributed by atoms with Crippen molar-refractivity contribution in [3.63, 3.8) is 0 Å². The summed E-state index contributed by atoms with van der Waals surface area (Å²) < 4.78 is 6.06. The molecule has 0 aromatic rings. The highest BCUT2D eigenvalue weighted by molar-refractivity contribution is 7.99. The van der Waals surface area contributed by atoms with Crippen LogP contribution in [-0.2, 0) is 4.74 Å². The molecule has 2 fully saturated rings. The molecule has 2 N–H and O–H groups in total. The quantitative estimate of drug-likeness (QED) is 0.838. The zero-order chi connectivity index (χ0) is 14.9. The average molecular weight is 301 g/mol. The molecule has 2 heterocycles. The van der Waals surface area contributed by atoms with Gasteiger partial charge in [-0.2, -0.15) is 11.8 Å². The molecule has 2 aliphatic rings. The molecule has 0 aromatic carbocycles. The second kappa shape index (κ2) is 6.15. The number of hydrogen-bond acceptors (Lipinski definition) is 4. The Hall–Kier alpha value is 0.230. The first kappa shape index (κ1) is 16.6. The van der Waals surface area contributed by atoms with Crippen LogP contribution < -0.4 is 5.32 Å². The molecule has 1 spiro atoms. The molecule has 4 heteroatoms. The van der Waals surface area contributed by atoms with Crippen molar-refractivity contribution in [3.05, 3.63) is 0 Å². The molecule has 3 atom stereocenters. The van der Waals surface area contributed by atoms with Crippen LogP contribution in [0, 0.1) is 5.92 Å². The minimum Gasteiger partial charge on any atom is -0.390 e. The lowest BCUT2D eigenvalue weighted by atomic mass is 9.75. The van der Waals surface area contributed by atoms with Crippen LogP contribution >= 0.6 is 11.8 Å². The Morgan fingerprint density at radius 3 is 2.70 bits per heavy atom. The summed E-state index contributed by atoms with van der Waals surface area (Å²) in [5, 5.41) is 14.4. The van der Waals surface area contributed by atoms with Gasteiger partial charge in [-0.25, -0.2) is 0 Å². The molecule has 0 bridgehead atoms. The van der Waals surface area contributed by atoms with Crippen LogP contribution in [0.2, 0.25) is 0 Å². The van der Waals surface area contributed by atoms with E-state index < -0.39 is 5.60 Å². The Kier molecular flexibility index (Phi) is 5.11. The Labute approximate surface area is 128 Å². The monoisotopic (exact) mass is 301 g/mol. The van der Waals surface area contributed by atoms with Gasteiger partial charge >= 0.3 is 0 Å². The summed E-state index contributed by atoms with van der Waals surface area (Å²) in [5.74, 6) is 2.69. The molecule has 2 aliphatic heterocycles. The van der Waals surface area contributed by atoms with E-state index in [1.54, 1.807) is 0 Å². The van der Waals surface area contributed by atoms with Gasteiger partial charge in [0.25, 0.3) is 0 Å². The molecule has 3 nitrogen and oxygen atoms in total. The molecule has 0 radical (unpaired) electrons. The van der Waals surface area contributed by atoms with E-state index in [4.69, 9.17) is 4.74 Å². The molecule has 118 valence electrons. The van der Waals surface area contributed by atoms with Gasteiger partial charge in [0.1, 0.15) is 0 Å². The molecular formula is C16H31NO2S. The van der Waals surface area contributed by atoms with Gasteiger partial charge in [0.15, 0.2) is 0 Å². The standard InChI is InChI=1S/C16H31NO2S/c1-14(2,3)17-8-6-15(4,18)13-5-9-19-16(11-13)7-10-20-12-16/h13,17-18H,5-12H2,1-4H3. The van der Waals surface area contributed by atoms with E-state index in [0.29, 0.717) is 5.92 Å². The minimum atomic E-state index is -0.581. The molecule has 0 saturated carbocycles. The van der Waals surface area contributed by atoms with Crippen molar-refractivity contribution >= 4 is 11.8 Å². The predicted molar refractivity (Wildman–Crippen MR) is 86.3 cm³/mol. The largest absolute Gasteiger partial charge is 0.390 e. The minimum absolute atomic E-state index is 0.0645. The maximum atomic E-state index is 10.9. The summed E-state index contributed by atoms with van der Waals surface area (Å²) in [4.78, 5) is 0. The molecular weight excluding hydrogens is 270 g/mol. The van der Waals surface area contributed by atoms with Gasteiger partial charge in [-0.15, -0.1) is 0 Å². The number of thioether (sulfide) groups is 1. The van der Waals surface area contributed by atoms with Crippen LogP contribution in [0.3, 0.4) is 0 Å². The number of ether oxygens (including phenoxy) is 1. The second-order valence-electron chi connectivity index (χ2n) is 7.81. The fraction of sp³-hybridized carbons (Fsp3) is 1.00. The Balaban J connectivity index is 1.88. The van der Waals surface area contributed by atoms with Crippen LogP contribution in [0.4, 0.5) is 0 Å². The fourth-order valence-electron chi connectivity index (χ4n) is 3.32. The normalized spacial score (nSPS) is 34.4. The lowest BCUT2D eigenvalue weighted by molar-refractivity contribution is -0.128. The molecule has 20 heavy (non-hydrogen) atoms. The van der Waals surface area contributed by atoms with E-state index >= 15 is 0 Å². The van der Waals surface area contributed by atoms with Gasteiger partial charge in [0, 0.05) is 17.9 Å². The van der Waals surface area contributed by atoms with Gasteiger partial charge < -0.3 is 15.2 Å². The van der Waals surface area contributed by atoms with Crippen molar-refractivity contribution in [1.29, 1.82) is 0 Å². The van der Waals surface area contributed by atoms with E-state index in [2.05, 4.69) is 26.1 Å². The van der Waals surface area contributed by atoms with Gasteiger partial charge in [-0.1, -0.05) is 0 Å². The number of aliphatic hydroxyl groups is 1. The van der Waals surface area contributed by atoms with Crippen molar-refractivity contribution in [2.24, 2.45) is 5.92 Å². The Morgan fingerprint density at radius 1 is 1.35 bits per heavy atom. The summed E-state index contributed by atoms with van der Waals surface area (Å²) in [6.07, 6.45) is 4.00. The highest BCUT2D eigenvalue weighted by atomic mass is 32.2. The van der Waals surface area contributed by atoms with Gasteiger partial charge in [-0.3, -0.25) is 0 Å². The van der Waals surface area contributed by atoms with E-state index in [1.165, 1.54) is 5.75 Å². The van der Waals surface area contributed by atoms with Crippen molar-refractivity contribution in [3.8, 4) is 0 Å². The predicted octanol–water partition coefficient (Wildman–Crippen LogP) is 2.82. The van der Waals surface area contributed by atoms with E-state index in [1.807, 2.05) is 18.7 Å². The maximum Gasteiger partial charge on any atom is 0.0784 e. The third-order valence-corrected chi connectivity index (χ3v) is 5.95. The zero-order valence-electron chi connectivity index (χ0n) is 13.5. The molecule has 2 rings (SSSR count). The molecule has 0 amide bonds. The first-order valence-corrected chi connectivity index (χ1v) is 9.07. The van der Waals surface area contributed by atoms with E-state index in [9.17, 15) is 5.11 Å². The van der Waals surface area contributed by atoms with Crippen LogP contribution in [0.5, 0.6) is 0 Å². The number of rotatable bonds is 4. The Morgan fingerprint density at radius 2 is 2.10 bits per heavy atom. The molecule has 0 aromatic heterocycles. The SMILES string of the molecule is CC(C)(C)NCCC(C)(O)C1CCOC2(CCSC2)C1. The molecule has 0 aliphatic carbocycles. The fourth-order valence-corrected chi connectivity index (χ4v) is 4.69. The van der Waals surface area contributed by atoms with Gasteiger partial charge in [0.05, 0.1) is 11.2 Å². The summed E-state index contributed by atoms with van der Waals surface area (Å²) in [6, 6.07) is 0. The lowest BCUT2D eigenvalue weighted by Gasteiger charge is -2.44. The van der Waals surface area contributed by atoms with Crippen LogP contribution in [0.1, 0.15) is 53.4 Å². The molecule has 3 unspecified atom stereocenters. The third kappa shape index (κ3) is 4.36. The smallest absolute Gasteiger partial charge is 0.0784 e. The maximum absolute atomic E-state index is 10.9. The van der Waals surface area contributed by atoms with Crippen molar-refractivity contribution in [2.45, 2.75) is 70.1 Å². The third-order valence-electron chi connectivity index (χ3n) is 4.73. The highest BCUT2D eigenvalue weighted by Crippen LogP contribution is 2.44. The first-order chi connectivity index (χ1) is 9.23. The summed E-state index contributed by atoms with van der Waals surface area (Å²) in [5.41, 5.74) is -0.396. The Bertz CT molecular complexity index is 319. The van der Waals surface area contributed by atoms with Crippen molar-refractivity contribution in [1.82, 2.24) is 5.32 Å². The first-order valence-electron chi connectivity index (χ1n) is 7.92. The summed E-state index contributed by atoms with van der Waals surface area (Å²) in [7, 11) is 0. The summed E-state index contributed by atoms with van der Waals surface area (Å²) >= 11 is 1.99. The number of hydrogen-bond donors (Lipinski definition) is 2. The second-order valence-corrected chi connectivity index (χ2v) is 8.91. The summed E-state index contributed by atoms with van der Waals surface area (Å²) in [6.45, 7) is 10.2. The zero-order valence-corrected chi connectivity index (χ0v) is 14.3. The topological polar surface area (TPSA) is 41.5 Å². The highest BCUT2D eigenvalue weighted by Gasteiger charge is 2.45. The number of nitrogens with one attached hydrogen (secondary N) is 1.